The fourth-order valence-electron chi connectivity index (χ4n) is 4.98. The molecule has 12 nitrogen and oxygen atoms in total. The molecule has 1 aliphatic carbocycles. The van der Waals surface area contributed by atoms with E-state index in [0.717, 1.165) is 25.7 Å². The molecular formula is C23H29ClN5O7PS. The van der Waals surface area contributed by atoms with E-state index in [9.17, 15) is 28.8 Å². The predicted molar refractivity (Wildman–Crippen MR) is 141 cm³/mol. The van der Waals surface area contributed by atoms with E-state index in [0.29, 0.717) is 16.8 Å². The van der Waals surface area contributed by atoms with Crippen LogP contribution in [0.5, 0.6) is 0 Å². The van der Waals surface area contributed by atoms with Gasteiger partial charge in [0.15, 0.2) is 11.9 Å². The highest BCUT2D eigenvalue weighted by Crippen LogP contribution is 2.45. The van der Waals surface area contributed by atoms with Crippen molar-refractivity contribution in [1.29, 1.82) is 0 Å². The molecule has 2 fully saturated rings. The summed E-state index contributed by atoms with van der Waals surface area (Å²) in [5.74, 6) is 0.107. The number of rotatable bonds is 9. The van der Waals surface area contributed by atoms with E-state index in [1.807, 2.05) is 0 Å². The van der Waals surface area contributed by atoms with Crippen molar-refractivity contribution in [1.82, 2.24) is 19.7 Å². The molecule has 0 amide bonds. The maximum Gasteiger partial charge on any atom is 0.341 e. The predicted octanol–water partition coefficient (Wildman–Crippen LogP) is 1.95. The van der Waals surface area contributed by atoms with Gasteiger partial charge in [-0.2, -0.15) is 15.1 Å². The van der Waals surface area contributed by atoms with Crippen molar-refractivity contribution >= 4 is 46.8 Å². The maximum atomic E-state index is 13.1. The Hall–Kier alpha value is -1.96. The SMILES string of the molecule is O=S(C[C@H]1O[C@@H](n2ncc3c(NC4CCCC4)nc(Cl)nc32)[C@H](O)[C@@H]1O)[C@@H](Cc1ccccc1)P(=O)(O)O. The zero-order valence-electron chi connectivity index (χ0n) is 20.2. The van der Waals surface area contributed by atoms with Gasteiger partial charge in [-0.1, -0.05) is 43.2 Å². The maximum absolute atomic E-state index is 13.1. The first-order chi connectivity index (χ1) is 18.1. The number of ether oxygens (including phenoxy) is 1. The number of nitrogens with zero attached hydrogens (tertiary/aromatic N) is 4. The van der Waals surface area contributed by atoms with Crippen LogP contribution in [-0.2, 0) is 26.5 Å². The van der Waals surface area contributed by atoms with Gasteiger partial charge in [0.2, 0.25) is 5.28 Å². The number of halogens is 1. The molecule has 2 aromatic heterocycles. The van der Waals surface area contributed by atoms with Gasteiger partial charge in [0, 0.05) is 16.8 Å². The third-order valence-electron chi connectivity index (χ3n) is 6.96. The topological polar surface area (TPSA) is 180 Å². The largest absolute Gasteiger partial charge is 0.387 e. The van der Waals surface area contributed by atoms with Gasteiger partial charge in [0.25, 0.3) is 0 Å². The molecule has 0 radical (unpaired) electrons. The van der Waals surface area contributed by atoms with Gasteiger partial charge in [-0.3, -0.25) is 8.77 Å². The van der Waals surface area contributed by atoms with E-state index < -0.39 is 53.7 Å². The molecule has 3 aromatic rings. The molecule has 1 saturated carbocycles. The summed E-state index contributed by atoms with van der Waals surface area (Å²) in [6.07, 6.45) is 0.327. The molecule has 15 heteroatoms. The summed E-state index contributed by atoms with van der Waals surface area (Å²) in [5.41, 5.74) is 0.891. The van der Waals surface area contributed by atoms with Gasteiger partial charge in [0.05, 0.1) is 17.3 Å². The van der Waals surface area contributed by atoms with Crippen molar-refractivity contribution in [3.63, 3.8) is 0 Å². The quantitative estimate of drug-likeness (QED) is 0.183. The molecule has 1 saturated heterocycles. The minimum absolute atomic E-state index is 0.0316. The molecule has 5 N–H and O–H groups in total. The average Bonchev–Trinajstić information content (AvgIpc) is 3.59. The van der Waals surface area contributed by atoms with Gasteiger partial charge >= 0.3 is 7.60 Å². The Balaban J connectivity index is 1.36. The summed E-state index contributed by atoms with van der Waals surface area (Å²) >= 11 is 6.18. The highest BCUT2D eigenvalue weighted by atomic mass is 35.5. The van der Waals surface area contributed by atoms with E-state index in [1.165, 1.54) is 10.9 Å². The number of fused-ring (bicyclic) bond motifs is 1. The second kappa shape index (κ2) is 11.3. The van der Waals surface area contributed by atoms with Crippen molar-refractivity contribution in [2.24, 2.45) is 0 Å². The van der Waals surface area contributed by atoms with Crippen LogP contribution in [0.4, 0.5) is 5.82 Å². The van der Waals surface area contributed by atoms with Gasteiger partial charge < -0.3 is 30.1 Å². The number of aromatic nitrogens is 4. The standard InChI is InChI=1S/C23H29ClN5O7PS/c24-23-27-20(26-14-8-4-5-9-14)15-11-25-29(21(15)28-23)22-19(31)18(30)16(36-22)12-38(35)17(37(32,33)34)10-13-6-2-1-3-7-13/h1-3,6-7,11,14,16-19,22,30-31H,4-5,8-10,12H2,(H,26,27,28)(H2,32,33,34)/t16-,17+,18-,19-,22-,38?/m1/s1. The van der Waals surface area contributed by atoms with Crippen LogP contribution in [0, 0.1) is 0 Å². The molecule has 0 spiro atoms. The number of anilines is 1. The minimum atomic E-state index is -4.77. The smallest absolute Gasteiger partial charge is 0.341 e. The van der Waals surface area contributed by atoms with Crippen molar-refractivity contribution in [3.8, 4) is 0 Å². The van der Waals surface area contributed by atoms with E-state index in [4.69, 9.17) is 16.3 Å². The zero-order chi connectivity index (χ0) is 27.0. The van der Waals surface area contributed by atoms with Crippen molar-refractivity contribution < 1.29 is 33.5 Å². The number of hydrogen-bond donors (Lipinski definition) is 5. The van der Waals surface area contributed by atoms with Crippen LogP contribution in [0.15, 0.2) is 36.5 Å². The molecule has 6 atom stereocenters. The molecule has 0 bridgehead atoms. The van der Waals surface area contributed by atoms with Crippen molar-refractivity contribution in [2.75, 3.05) is 11.1 Å². The number of benzene rings is 1. The van der Waals surface area contributed by atoms with Crippen molar-refractivity contribution in [3.05, 3.63) is 47.4 Å². The van der Waals surface area contributed by atoms with Gasteiger partial charge in [0.1, 0.15) is 29.1 Å². The molecule has 1 unspecified atom stereocenters. The van der Waals surface area contributed by atoms with Crippen LogP contribution >= 0.6 is 19.2 Å². The highest BCUT2D eigenvalue weighted by molar-refractivity contribution is 7.93. The van der Waals surface area contributed by atoms with Crippen LogP contribution in [0.1, 0.15) is 37.5 Å². The Morgan fingerprint density at radius 1 is 1.16 bits per heavy atom. The monoisotopic (exact) mass is 585 g/mol. The normalized spacial score (nSPS) is 26.1. The van der Waals surface area contributed by atoms with Gasteiger partial charge in [-0.05, 0) is 36.4 Å². The van der Waals surface area contributed by atoms with Gasteiger partial charge in [-0.15, -0.1) is 0 Å². The number of nitrogens with one attached hydrogen (secondary N) is 1. The number of hydrogen-bond acceptors (Lipinski definition) is 9. The van der Waals surface area contributed by atoms with E-state index in [-0.39, 0.29) is 23.4 Å². The Morgan fingerprint density at radius 3 is 2.55 bits per heavy atom. The van der Waals surface area contributed by atoms with E-state index in [1.54, 1.807) is 30.3 Å². The van der Waals surface area contributed by atoms with Crippen LogP contribution in [0.2, 0.25) is 5.28 Å². The summed E-state index contributed by atoms with van der Waals surface area (Å²) < 4.78 is 32.5. The third kappa shape index (κ3) is 5.80. The first kappa shape index (κ1) is 27.6. The molecule has 2 aliphatic rings. The fourth-order valence-corrected chi connectivity index (χ4v) is 8.28. The first-order valence-corrected chi connectivity index (χ1v) is 15.7. The summed E-state index contributed by atoms with van der Waals surface area (Å²) in [5, 5.41) is 29.7. The molecule has 1 aliphatic heterocycles. The average molecular weight is 586 g/mol. The summed E-state index contributed by atoms with van der Waals surface area (Å²) in [6, 6.07) is 8.83. The molecular weight excluding hydrogens is 557 g/mol. The fraction of sp³-hybridized carbons (Fsp3) is 0.522. The molecule has 5 rings (SSSR count). The first-order valence-electron chi connectivity index (χ1n) is 12.3. The Kier molecular flexibility index (Phi) is 8.18. The Morgan fingerprint density at radius 2 is 1.87 bits per heavy atom. The molecule has 38 heavy (non-hydrogen) atoms. The lowest BCUT2D eigenvalue weighted by atomic mass is 10.1. The number of aliphatic hydroxyl groups is 2. The lowest BCUT2D eigenvalue weighted by molar-refractivity contribution is -0.0363. The number of aliphatic hydroxyl groups excluding tert-OH is 2. The second-order valence-electron chi connectivity index (χ2n) is 9.62. The van der Waals surface area contributed by atoms with Gasteiger partial charge in [-0.25, -0.2) is 4.68 Å². The summed E-state index contributed by atoms with van der Waals surface area (Å²) in [7, 11) is -6.86. The molecule has 3 heterocycles. The lowest BCUT2D eigenvalue weighted by Gasteiger charge is -2.21. The van der Waals surface area contributed by atoms with Crippen LogP contribution in [-0.4, -0.2) is 79.1 Å². The van der Waals surface area contributed by atoms with Crippen LogP contribution in [0.25, 0.3) is 11.0 Å². The van der Waals surface area contributed by atoms with Crippen LogP contribution in [0.3, 0.4) is 0 Å². The summed E-state index contributed by atoms with van der Waals surface area (Å²) in [4.78, 5) is 26.8. The Bertz CT molecular complexity index is 1350. The molecule has 206 valence electrons. The zero-order valence-corrected chi connectivity index (χ0v) is 22.7. The third-order valence-corrected chi connectivity index (χ3v) is 11.0. The van der Waals surface area contributed by atoms with Crippen LogP contribution < -0.4 is 5.32 Å². The highest BCUT2D eigenvalue weighted by Gasteiger charge is 2.47. The second-order valence-corrected chi connectivity index (χ2v) is 13.8. The molecule has 1 aromatic carbocycles. The van der Waals surface area contributed by atoms with E-state index >= 15 is 0 Å². The van der Waals surface area contributed by atoms with E-state index in [2.05, 4.69) is 20.4 Å². The lowest BCUT2D eigenvalue weighted by Crippen LogP contribution is -2.36. The minimum Gasteiger partial charge on any atom is -0.387 e. The summed E-state index contributed by atoms with van der Waals surface area (Å²) in [6.45, 7) is 0. The Labute approximate surface area is 226 Å². The van der Waals surface area contributed by atoms with Crippen molar-refractivity contribution in [2.45, 2.75) is 67.7 Å².